The number of aryl methyl sites for hydroxylation is 1. The van der Waals surface area contributed by atoms with E-state index in [0.29, 0.717) is 30.0 Å². The molecule has 13 heavy (non-hydrogen) atoms. The molecule has 5 heteroatoms. The van der Waals surface area contributed by atoms with Gasteiger partial charge in [-0.15, -0.1) is 0 Å². The molecule has 0 saturated carbocycles. The first-order valence-corrected chi connectivity index (χ1v) is 4.77. The van der Waals surface area contributed by atoms with Crippen LogP contribution in [0, 0.1) is 0 Å². The third-order valence-electron chi connectivity index (χ3n) is 1.78. The molecule has 0 fully saturated rings. The van der Waals surface area contributed by atoms with Crippen LogP contribution < -0.4 is 5.69 Å². The van der Waals surface area contributed by atoms with Crippen LogP contribution in [0.3, 0.4) is 0 Å². The second kappa shape index (κ2) is 4.32. The summed E-state index contributed by atoms with van der Waals surface area (Å²) in [6.07, 6.45) is 0.996. The second-order valence-corrected chi connectivity index (χ2v) is 3.13. The fraction of sp³-hybridized carbons (Fsp3) is 0.500. The molecule has 0 bridgehead atoms. The first-order valence-electron chi connectivity index (χ1n) is 4.14. The lowest BCUT2D eigenvalue weighted by molar-refractivity contribution is 0.0984. The standard InChI is InChI=1S/C8H12N2O2S/c1-2-5-7(6(11)3-4-13)10-8(12)9-5/h13H,2-4H2,1H3,(H2,9,10,12). The summed E-state index contributed by atoms with van der Waals surface area (Å²) in [5, 5.41) is 0. The van der Waals surface area contributed by atoms with Gasteiger partial charge < -0.3 is 9.97 Å². The quantitative estimate of drug-likeness (QED) is 0.496. The highest BCUT2D eigenvalue weighted by Gasteiger charge is 2.12. The number of hydrogen-bond donors (Lipinski definition) is 3. The number of rotatable bonds is 4. The highest BCUT2D eigenvalue weighted by atomic mass is 32.1. The van der Waals surface area contributed by atoms with E-state index in [1.54, 1.807) is 0 Å². The van der Waals surface area contributed by atoms with E-state index in [1.165, 1.54) is 0 Å². The summed E-state index contributed by atoms with van der Waals surface area (Å²) in [7, 11) is 0. The van der Waals surface area contributed by atoms with Gasteiger partial charge in [0.15, 0.2) is 5.78 Å². The zero-order valence-electron chi connectivity index (χ0n) is 7.39. The average Bonchev–Trinajstić information content (AvgIpc) is 2.47. The second-order valence-electron chi connectivity index (χ2n) is 2.68. The van der Waals surface area contributed by atoms with E-state index in [-0.39, 0.29) is 11.5 Å². The van der Waals surface area contributed by atoms with Crippen LogP contribution in [0.5, 0.6) is 0 Å². The Hall–Kier alpha value is -0.970. The molecule has 1 aromatic heterocycles. The van der Waals surface area contributed by atoms with Crippen LogP contribution >= 0.6 is 12.6 Å². The van der Waals surface area contributed by atoms with Crippen LogP contribution in [0.4, 0.5) is 0 Å². The summed E-state index contributed by atoms with van der Waals surface area (Å²) in [5.74, 6) is 0.431. The van der Waals surface area contributed by atoms with Crippen molar-refractivity contribution in [3.05, 3.63) is 21.9 Å². The molecule has 0 saturated heterocycles. The van der Waals surface area contributed by atoms with Crippen LogP contribution in [-0.4, -0.2) is 21.5 Å². The van der Waals surface area contributed by atoms with Gasteiger partial charge in [-0.3, -0.25) is 4.79 Å². The Kier molecular flexibility index (Phi) is 3.36. The van der Waals surface area contributed by atoms with Gasteiger partial charge in [0.2, 0.25) is 0 Å². The molecule has 0 aliphatic rings. The summed E-state index contributed by atoms with van der Waals surface area (Å²) in [6.45, 7) is 1.89. The molecule has 1 heterocycles. The number of aromatic amines is 2. The normalized spacial score (nSPS) is 10.3. The maximum Gasteiger partial charge on any atom is 0.323 e. The Morgan fingerprint density at radius 2 is 2.15 bits per heavy atom. The molecule has 0 aliphatic carbocycles. The van der Waals surface area contributed by atoms with E-state index in [0.717, 1.165) is 0 Å². The zero-order valence-corrected chi connectivity index (χ0v) is 8.28. The number of carbonyl (C=O) groups excluding carboxylic acids is 1. The number of ketones is 1. The fourth-order valence-electron chi connectivity index (χ4n) is 1.15. The molecular formula is C8H12N2O2S. The van der Waals surface area contributed by atoms with Crippen molar-refractivity contribution in [2.24, 2.45) is 0 Å². The van der Waals surface area contributed by atoms with Gasteiger partial charge in [0.25, 0.3) is 0 Å². The lowest BCUT2D eigenvalue weighted by Gasteiger charge is -1.97. The largest absolute Gasteiger partial charge is 0.323 e. The minimum atomic E-state index is -0.320. The van der Waals surface area contributed by atoms with Crippen molar-refractivity contribution >= 4 is 18.4 Å². The van der Waals surface area contributed by atoms with E-state index >= 15 is 0 Å². The fourth-order valence-corrected chi connectivity index (χ4v) is 1.35. The van der Waals surface area contributed by atoms with Crippen LogP contribution in [-0.2, 0) is 6.42 Å². The zero-order chi connectivity index (χ0) is 9.84. The maximum absolute atomic E-state index is 11.4. The van der Waals surface area contributed by atoms with Gasteiger partial charge in [0.05, 0.1) is 0 Å². The topological polar surface area (TPSA) is 65.7 Å². The third-order valence-corrected chi connectivity index (χ3v) is 2.00. The molecule has 0 amide bonds. The molecule has 0 aromatic carbocycles. The van der Waals surface area contributed by atoms with Crippen LogP contribution in [0.25, 0.3) is 0 Å². The Balaban J connectivity index is 2.98. The highest BCUT2D eigenvalue weighted by molar-refractivity contribution is 7.80. The van der Waals surface area contributed by atoms with Gasteiger partial charge in [-0.05, 0) is 12.2 Å². The third kappa shape index (κ3) is 2.24. The number of hydrogen-bond acceptors (Lipinski definition) is 3. The van der Waals surface area contributed by atoms with E-state index in [1.807, 2.05) is 6.92 Å². The van der Waals surface area contributed by atoms with E-state index in [2.05, 4.69) is 22.6 Å². The predicted molar refractivity (Wildman–Crippen MR) is 53.6 cm³/mol. The molecule has 4 nitrogen and oxygen atoms in total. The molecule has 2 N–H and O–H groups in total. The molecule has 0 aliphatic heterocycles. The molecule has 0 unspecified atom stereocenters. The lowest BCUT2D eigenvalue weighted by atomic mass is 10.1. The number of aromatic nitrogens is 2. The smallest absolute Gasteiger partial charge is 0.309 e. The summed E-state index contributed by atoms with van der Waals surface area (Å²) in [5.41, 5.74) is 0.762. The van der Waals surface area contributed by atoms with Crippen molar-refractivity contribution in [3.63, 3.8) is 0 Å². The number of carbonyl (C=O) groups is 1. The minimum absolute atomic E-state index is 0.0646. The minimum Gasteiger partial charge on any atom is -0.309 e. The van der Waals surface area contributed by atoms with Crippen LogP contribution in [0.2, 0.25) is 0 Å². The lowest BCUT2D eigenvalue weighted by Crippen LogP contribution is -2.06. The van der Waals surface area contributed by atoms with Gasteiger partial charge in [0.1, 0.15) is 5.69 Å². The maximum atomic E-state index is 11.4. The summed E-state index contributed by atoms with van der Waals surface area (Å²) in [6, 6.07) is 0. The van der Waals surface area contributed by atoms with E-state index < -0.39 is 0 Å². The Morgan fingerprint density at radius 3 is 2.69 bits per heavy atom. The van der Waals surface area contributed by atoms with E-state index in [4.69, 9.17) is 0 Å². The SMILES string of the molecule is CCc1[nH]c(=O)[nH]c1C(=O)CCS. The summed E-state index contributed by atoms with van der Waals surface area (Å²) < 4.78 is 0. The molecule has 0 radical (unpaired) electrons. The van der Waals surface area contributed by atoms with Gasteiger partial charge in [-0.25, -0.2) is 4.79 Å². The number of H-pyrrole nitrogens is 2. The molecule has 0 spiro atoms. The molecule has 1 rings (SSSR count). The molecule has 72 valence electrons. The number of thiol groups is 1. The van der Waals surface area contributed by atoms with Crippen molar-refractivity contribution in [2.75, 3.05) is 5.75 Å². The monoisotopic (exact) mass is 200 g/mol. The summed E-state index contributed by atoms with van der Waals surface area (Å²) in [4.78, 5) is 27.4. The van der Waals surface area contributed by atoms with Crippen molar-refractivity contribution < 1.29 is 4.79 Å². The predicted octanol–water partition coefficient (Wildman–Crippen LogP) is 0.768. The van der Waals surface area contributed by atoms with Gasteiger partial charge in [-0.2, -0.15) is 12.6 Å². The van der Waals surface area contributed by atoms with Crippen molar-refractivity contribution in [1.29, 1.82) is 0 Å². The van der Waals surface area contributed by atoms with Crippen LogP contribution in [0.15, 0.2) is 4.79 Å². The first-order chi connectivity index (χ1) is 6.19. The highest BCUT2D eigenvalue weighted by Crippen LogP contribution is 2.05. The Labute approximate surface area is 81.2 Å². The van der Waals surface area contributed by atoms with Gasteiger partial charge in [0, 0.05) is 12.1 Å². The van der Waals surface area contributed by atoms with E-state index in [9.17, 15) is 9.59 Å². The van der Waals surface area contributed by atoms with Crippen molar-refractivity contribution in [1.82, 2.24) is 9.97 Å². The number of Topliss-reactive ketones (excluding diaryl/α,β-unsaturated/α-hetero) is 1. The first kappa shape index (κ1) is 10.1. The van der Waals surface area contributed by atoms with Crippen LogP contribution in [0.1, 0.15) is 29.5 Å². The molecular weight excluding hydrogens is 188 g/mol. The van der Waals surface area contributed by atoms with Gasteiger partial charge >= 0.3 is 5.69 Å². The Morgan fingerprint density at radius 1 is 1.46 bits per heavy atom. The number of imidazole rings is 1. The molecule has 0 atom stereocenters. The average molecular weight is 200 g/mol. The van der Waals surface area contributed by atoms with Crippen molar-refractivity contribution in [3.8, 4) is 0 Å². The molecule has 1 aromatic rings. The summed E-state index contributed by atoms with van der Waals surface area (Å²) >= 11 is 3.96. The Bertz CT molecular complexity index is 353. The van der Waals surface area contributed by atoms with Gasteiger partial charge in [-0.1, -0.05) is 6.92 Å². The van der Waals surface area contributed by atoms with Crippen molar-refractivity contribution in [2.45, 2.75) is 19.8 Å². The number of nitrogens with one attached hydrogen (secondary N) is 2.